The summed E-state index contributed by atoms with van der Waals surface area (Å²) in [5.74, 6) is -2.48. The third-order valence-electron chi connectivity index (χ3n) is 5.52. The fraction of sp³-hybridized carbons (Fsp3) is 0.250. The van der Waals surface area contributed by atoms with Crippen LogP contribution in [0.5, 0.6) is 5.75 Å². The molecule has 3 rings (SSSR count). The number of allylic oxidation sites excluding steroid dienone is 1. The van der Waals surface area contributed by atoms with Crippen LogP contribution in [0.25, 0.3) is 0 Å². The molecule has 12 nitrogen and oxygen atoms in total. The van der Waals surface area contributed by atoms with Gasteiger partial charge < -0.3 is 19.9 Å². The van der Waals surface area contributed by atoms with Gasteiger partial charge in [-0.15, -0.1) is 0 Å². The number of rotatable bonds is 9. The number of hydrogen-bond donors (Lipinski definition) is 2. The van der Waals surface area contributed by atoms with Gasteiger partial charge in [-0.25, -0.2) is 14.4 Å². The highest BCUT2D eigenvalue weighted by molar-refractivity contribution is 5.95. The van der Waals surface area contributed by atoms with Crippen molar-refractivity contribution in [2.75, 3.05) is 13.7 Å². The first-order valence-electron chi connectivity index (χ1n) is 10.8. The first-order valence-corrected chi connectivity index (χ1v) is 10.8. The van der Waals surface area contributed by atoms with Crippen LogP contribution in [0.1, 0.15) is 41.7 Å². The molecule has 1 unspecified atom stereocenters. The van der Waals surface area contributed by atoms with Gasteiger partial charge in [0.25, 0.3) is 5.69 Å². The summed E-state index contributed by atoms with van der Waals surface area (Å²) in [4.78, 5) is 60.7. The van der Waals surface area contributed by atoms with Crippen LogP contribution < -0.4 is 10.1 Å². The molecule has 12 heteroatoms. The number of methoxy groups -OCH3 is 1. The van der Waals surface area contributed by atoms with Crippen molar-refractivity contribution in [3.63, 3.8) is 0 Å². The monoisotopic (exact) mass is 497 g/mol. The van der Waals surface area contributed by atoms with Crippen LogP contribution in [-0.2, 0) is 14.3 Å². The first kappa shape index (κ1) is 25.9. The largest absolute Gasteiger partial charge is 0.481 e. The molecule has 1 heterocycles. The number of carbonyl (C=O) groups is 4. The molecular weight excluding hydrogens is 474 g/mol. The highest BCUT2D eigenvalue weighted by atomic mass is 16.6. The van der Waals surface area contributed by atoms with E-state index in [0.717, 1.165) is 0 Å². The minimum atomic E-state index is -1.03. The number of nitro benzene ring substituents is 1. The second kappa shape index (κ2) is 11.1. The van der Waals surface area contributed by atoms with Crippen LogP contribution in [-0.4, -0.2) is 52.5 Å². The Morgan fingerprint density at radius 2 is 1.78 bits per heavy atom. The molecule has 0 fully saturated rings. The van der Waals surface area contributed by atoms with Gasteiger partial charge in [-0.3, -0.25) is 19.8 Å². The number of urea groups is 1. The smallest absolute Gasteiger partial charge is 0.343 e. The number of amides is 2. The number of carboxylic acids is 1. The zero-order valence-electron chi connectivity index (χ0n) is 19.4. The Kier molecular flexibility index (Phi) is 8.00. The predicted molar refractivity (Wildman–Crippen MR) is 124 cm³/mol. The molecule has 1 aliphatic heterocycles. The molecule has 36 heavy (non-hydrogen) atoms. The summed E-state index contributed by atoms with van der Waals surface area (Å²) < 4.78 is 10.4. The first-order chi connectivity index (χ1) is 17.1. The van der Waals surface area contributed by atoms with Crippen molar-refractivity contribution < 1.29 is 38.7 Å². The molecule has 0 aromatic heterocycles. The Morgan fingerprint density at radius 1 is 1.11 bits per heavy atom. The Balaban J connectivity index is 1.94. The van der Waals surface area contributed by atoms with Crippen molar-refractivity contribution in [2.45, 2.75) is 25.8 Å². The predicted octanol–water partition coefficient (Wildman–Crippen LogP) is 3.19. The average molecular weight is 497 g/mol. The SMILES string of the molecule is COC(=O)C1=C(C)N(CCCC(=O)O)C(=O)NC1c1ccccc1OC(=O)c1ccc([N+](=O)[O-])cc1. The highest BCUT2D eigenvalue weighted by Crippen LogP contribution is 2.36. The van der Waals surface area contributed by atoms with Crippen LogP contribution in [0, 0.1) is 10.1 Å². The van der Waals surface area contributed by atoms with Gasteiger partial charge >= 0.3 is 23.9 Å². The summed E-state index contributed by atoms with van der Waals surface area (Å²) in [7, 11) is 1.19. The van der Waals surface area contributed by atoms with E-state index in [1.807, 2.05) is 0 Å². The second-order valence-electron chi connectivity index (χ2n) is 7.75. The number of nitrogens with one attached hydrogen (secondary N) is 1. The second-order valence-corrected chi connectivity index (χ2v) is 7.75. The van der Waals surface area contributed by atoms with Gasteiger partial charge in [-0.2, -0.15) is 0 Å². The zero-order chi connectivity index (χ0) is 26.4. The number of aliphatic carboxylic acids is 1. The number of esters is 2. The quantitative estimate of drug-likeness (QED) is 0.229. The topological polar surface area (TPSA) is 165 Å². The van der Waals surface area contributed by atoms with E-state index in [0.29, 0.717) is 5.56 Å². The Bertz CT molecular complexity index is 1240. The summed E-state index contributed by atoms with van der Waals surface area (Å²) in [6.07, 6.45) is 0.0120. The van der Waals surface area contributed by atoms with Gasteiger partial charge in [0.1, 0.15) is 5.75 Å². The third kappa shape index (κ3) is 5.66. The lowest BCUT2D eigenvalue weighted by molar-refractivity contribution is -0.384. The highest BCUT2D eigenvalue weighted by Gasteiger charge is 2.37. The molecule has 0 saturated heterocycles. The minimum absolute atomic E-state index is 0.0553. The van der Waals surface area contributed by atoms with Gasteiger partial charge in [-0.05, 0) is 31.5 Å². The molecule has 0 spiro atoms. The van der Waals surface area contributed by atoms with Crippen molar-refractivity contribution in [3.05, 3.63) is 81.0 Å². The summed E-state index contributed by atoms with van der Waals surface area (Å²) in [6.45, 7) is 1.61. The summed E-state index contributed by atoms with van der Waals surface area (Å²) >= 11 is 0. The molecule has 2 aromatic carbocycles. The molecule has 2 aromatic rings. The van der Waals surface area contributed by atoms with E-state index in [4.69, 9.17) is 14.6 Å². The lowest BCUT2D eigenvalue weighted by atomic mass is 9.94. The molecule has 1 aliphatic rings. The average Bonchev–Trinajstić information content (AvgIpc) is 2.85. The lowest BCUT2D eigenvalue weighted by Crippen LogP contribution is -2.48. The molecule has 188 valence electrons. The normalized spacial score (nSPS) is 15.2. The summed E-state index contributed by atoms with van der Waals surface area (Å²) in [5.41, 5.74) is 0.538. The number of hydrogen-bond acceptors (Lipinski definition) is 8. The van der Waals surface area contributed by atoms with Crippen molar-refractivity contribution in [3.8, 4) is 5.75 Å². The number of para-hydroxylation sites is 1. The molecule has 0 bridgehead atoms. The van der Waals surface area contributed by atoms with Crippen LogP contribution in [0.2, 0.25) is 0 Å². The molecule has 0 radical (unpaired) electrons. The third-order valence-corrected chi connectivity index (χ3v) is 5.52. The van der Waals surface area contributed by atoms with E-state index < -0.39 is 34.9 Å². The lowest BCUT2D eigenvalue weighted by Gasteiger charge is -2.35. The maximum atomic E-state index is 12.9. The fourth-order valence-corrected chi connectivity index (χ4v) is 3.74. The van der Waals surface area contributed by atoms with Crippen LogP contribution in [0.15, 0.2) is 59.8 Å². The van der Waals surface area contributed by atoms with Crippen LogP contribution >= 0.6 is 0 Å². The fourth-order valence-electron chi connectivity index (χ4n) is 3.74. The van der Waals surface area contributed by atoms with E-state index in [1.54, 1.807) is 25.1 Å². The number of ether oxygens (including phenoxy) is 2. The Hall–Kier alpha value is -4.74. The zero-order valence-corrected chi connectivity index (χ0v) is 19.4. The van der Waals surface area contributed by atoms with Crippen molar-refractivity contribution >= 4 is 29.6 Å². The number of non-ortho nitro benzene ring substituents is 1. The molecule has 0 saturated carbocycles. The summed E-state index contributed by atoms with van der Waals surface area (Å²) in [5, 5.41) is 22.4. The number of carboxylic acid groups (broad SMARTS) is 1. The minimum Gasteiger partial charge on any atom is -0.481 e. The maximum absolute atomic E-state index is 12.9. The maximum Gasteiger partial charge on any atom is 0.343 e. The van der Waals surface area contributed by atoms with Gasteiger partial charge in [0, 0.05) is 36.4 Å². The standard InChI is InChI=1S/C24H23N3O9/c1-14-20(23(31)35-2)21(25-24(32)26(14)13-5-8-19(28)29)17-6-3-4-7-18(17)36-22(30)15-9-11-16(12-10-15)27(33)34/h3-4,6-7,9-12,21H,5,8,13H2,1-2H3,(H,25,32)(H,28,29). The summed E-state index contributed by atoms with van der Waals surface area (Å²) in [6, 6.07) is 9.54. The molecular formula is C24H23N3O9. The number of nitrogens with zero attached hydrogens (tertiary/aromatic N) is 2. The van der Waals surface area contributed by atoms with Gasteiger partial charge in [0.05, 0.1) is 29.2 Å². The molecule has 1 atom stereocenters. The van der Waals surface area contributed by atoms with Gasteiger partial charge in [0.15, 0.2) is 0 Å². The molecule has 2 amide bonds. The number of benzene rings is 2. The van der Waals surface area contributed by atoms with E-state index in [1.165, 1.54) is 42.3 Å². The number of nitro groups is 1. The Morgan fingerprint density at radius 3 is 2.39 bits per heavy atom. The van der Waals surface area contributed by atoms with E-state index in [-0.39, 0.29) is 47.7 Å². The van der Waals surface area contributed by atoms with Crippen LogP contribution in [0.3, 0.4) is 0 Å². The van der Waals surface area contributed by atoms with Crippen molar-refractivity contribution in [1.82, 2.24) is 10.2 Å². The van der Waals surface area contributed by atoms with Crippen LogP contribution in [0.4, 0.5) is 10.5 Å². The van der Waals surface area contributed by atoms with Crippen molar-refractivity contribution in [2.24, 2.45) is 0 Å². The van der Waals surface area contributed by atoms with Gasteiger partial charge in [-0.1, -0.05) is 18.2 Å². The van der Waals surface area contributed by atoms with Crippen molar-refractivity contribution in [1.29, 1.82) is 0 Å². The van der Waals surface area contributed by atoms with E-state index in [2.05, 4.69) is 5.32 Å². The van der Waals surface area contributed by atoms with Gasteiger partial charge in [0.2, 0.25) is 0 Å². The van der Waals surface area contributed by atoms with E-state index in [9.17, 15) is 29.3 Å². The number of carbonyl (C=O) groups excluding carboxylic acids is 3. The Labute approximate surface area is 205 Å². The molecule has 2 N–H and O–H groups in total. The van der Waals surface area contributed by atoms with E-state index >= 15 is 0 Å². The molecule has 0 aliphatic carbocycles.